The number of methoxy groups -OCH3 is 2. The summed E-state index contributed by atoms with van der Waals surface area (Å²) in [6.07, 6.45) is -0.482. The van der Waals surface area contributed by atoms with Crippen molar-refractivity contribution in [3.63, 3.8) is 0 Å². The molecule has 1 atom stereocenters. The van der Waals surface area contributed by atoms with Gasteiger partial charge in [-0.05, 0) is 42.0 Å². The first kappa shape index (κ1) is 17.7. The van der Waals surface area contributed by atoms with Gasteiger partial charge < -0.3 is 19.9 Å². The SMILES string of the molecule is COc1cccc(N2C(=O)c3ccccc3NC2c2ccc(O)c(OC)c2)c1. The molecule has 1 aliphatic heterocycles. The van der Waals surface area contributed by atoms with E-state index in [1.807, 2.05) is 42.5 Å². The molecular formula is C22H20N2O4. The number of nitrogens with one attached hydrogen (secondary N) is 1. The monoisotopic (exact) mass is 376 g/mol. The molecule has 4 rings (SSSR count). The van der Waals surface area contributed by atoms with Gasteiger partial charge in [-0.15, -0.1) is 0 Å². The second kappa shape index (κ2) is 7.15. The molecule has 0 radical (unpaired) electrons. The summed E-state index contributed by atoms with van der Waals surface area (Å²) >= 11 is 0. The molecular weight excluding hydrogens is 356 g/mol. The molecule has 0 bridgehead atoms. The number of anilines is 2. The van der Waals surface area contributed by atoms with Crippen molar-refractivity contribution in [3.8, 4) is 17.2 Å². The molecule has 1 aliphatic rings. The van der Waals surface area contributed by atoms with Crippen LogP contribution in [0.1, 0.15) is 22.1 Å². The fourth-order valence-corrected chi connectivity index (χ4v) is 3.38. The van der Waals surface area contributed by atoms with E-state index in [-0.39, 0.29) is 11.7 Å². The Morgan fingerprint density at radius 3 is 2.57 bits per heavy atom. The number of amides is 1. The van der Waals surface area contributed by atoms with Crippen LogP contribution in [0.15, 0.2) is 66.7 Å². The Morgan fingerprint density at radius 1 is 0.964 bits per heavy atom. The summed E-state index contributed by atoms with van der Waals surface area (Å²) < 4.78 is 10.6. The highest BCUT2D eigenvalue weighted by Gasteiger charge is 2.34. The van der Waals surface area contributed by atoms with Gasteiger partial charge in [0.2, 0.25) is 0 Å². The van der Waals surface area contributed by atoms with Crippen LogP contribution in [0.2, 0.25) is 0 Å². The number of aromatic hydroxyl groups is 1. The first-order valence-corrected chi connectivity index (χ1v) is 8.82. The average Bonchev–Trinajstić information content (AvgIpc) is 2.74. The van der Waals surface area contributed by atoms with Crippen LogP contribution >= 0.6 is 0 Å². The minimum atomic E-state index is -0.482. The molecule has 0 aliphatic carbocycles. The molecule has 6 heteroatoms. The van der Waals surface area contributed by atoms with Crippen LogP contribution in [0, 0.1) is 0 Å². The molecule has 0 aromatic heterocycles. The van der Waals surface area contributed by atoms with Crippen molar-refractivity contribution in [1.29, 1.82) is 0 Å². The van der Waals surface area contributed by atoms with Crippen LogP contribution in [-0.2, 0) is 0 Å². The molecule has 0 saturated heterocycles. The predicted octanol–water partition coefficient (Wildman–Crippen LogP) is 4.18. The smallest absolute Gasteiger partial charge is 0.262 e. The third-order valence-corrected chi connectivity index (χ3v) is 4.78. The second-order valence-electron chi connectivity index (χ2n) is 6.40. The van der Waals surface area contributed by atoms with Crippen molar-refractivity contribution in [2.75, 3.05) is 24.4 Å². The average molecular weight is 376 g/mol. The summed E-state index contributed by atoms with van der Waals surface area (Å²) in [4.78, 5) is 15.1. The van der Waals surface area contributed by atoms with E-state index in [0.717, 1.165) is 11.3 Å². The summed E-state index contributed by atoms with van der Waals surface area (Å²) in [5.41, 5.74) is 2.82. The summed E-state index contributed by atoms with van der Waals surface area (Å²) in [5.74, 6) is 0.920. The number of rotatable bonds is 4. The first-order valence-electron chi connectivity index (χ1n) is 8.82. The van der Waals surface area contributed by atoms with Gasteiger partial charge in [-0.1, -0.05) is 24.3 Å². The van der Waals surface area contributed by atoms with Gasteiger partial charge >= 0.3 is 0 Å². The molecule has 28 heavy (non-hydrogen) atoms. The van der Waals surface area contributed by atoms with E-state index in [1.54, 1.807) is 36.3 Å². The van der Waals surface area contributed by atoms with E-state index in [4.69, 9.17) is 9.47 Å². The van der Waals surface area contributed by atoms with Crippen molar-refractivity contribution in [2.45, 2.75) is 6.17 Å². The van der Waals surface area contributed by atoms with Gasteiger partial charge in [-0.2, -0.15) is 0 Å². The molecule has 0 saturated carbocycles. The Bertz CT molecular complexity index is 1030. The number of nitrogens with zero attached hydrogens (tertiary/aromatic N) is 1. The minimum absolute atomic E-state index is 0.0433. The van der Waals surface area contributed by atoms with Crippen LogP contribution < -0.4 is 19.7 Å². The van der Waals surface area contributed by atoms with Crippen molar-refractivity contribution in [3.05, 3.63) is 77.9 Å². The number of carbonyl (C=O) groups excluding carboxylic acids is 1. The predicted molar refractivity (Wildman–Crippen MR) is 107 cm³/mol. The molecule has 142 valence electrons. The van der Waals surface area contributed by atoms with E-state index >= 15 is 0 Å². The van der Waals surface area contributed by atoms with Crippen molar-refractivity contribution in [2.24, 2.45) is 0 Å². The lowest BCUT2D eigenvalue weighted by atomic mass is 10.0. The summed E-state index contributed by atoms with van der Waals surface area (Å²) in [6, 6.07) is 19.8. The largest absolute Gasteiger partial charge is 0.504 e. The Morgan fingerprint density at radius 2 is 1.79 bits per heavy atom. The number of para-hydroxylation sites is 1. The van der Waals surface area contributed by atoms with Crippen molar-refractivity contribution in [1.82, 2.24) is 0 Å². The highest BCUT2D eigenvalue weighted by atomic mass is 16.5. The van der Waals surface area contributed by atoms with Gasteiger partial charge in [-0.3, -0.25) is 9.69 Å². The number of benzene rings is 3. The van der Waals surface area contributed by atoms with Crippen LogP contribution in [0.3, 0.4) is 0 Å². The van der Waals surface area contributed by atoms with Crippen LogP contribution in [0.5, 0.6) is 17.2 Å². The maximum atomic E-state index is 13.4. The molecule has 1 amide bonds. The van der Waals surface area contributed by atoms with Gasteiger partial charge in [0.1, 0.15) is 11.9 Å². The second-order valence-corrected chi connectivity index (χ2v) is 6.40. The first-order chi connectivity index (χ1) is 13.6. The van der Waals surface area contributed by atoms with Gasteiger partial charge in [-0.25, -0.2) is 0 Å². The number of carbonyl (C=O) groups is 1. The third-order valence-electron chi connectivity index (χ3n) is 4.78. The lowest BCUT2D eigenvalue weighted by molar-refractivity contribution is 0.0975. The zero-order valence-electron chi connectivity index (χ0n) is 15.5. The molecule has 6 nitrogen and oxygen atoms in total. The number of hydrogen-bond donors (Lipinski definition) is 2. The fourth-order valence-electron chi connectivity index (χ4n) is 3.38. The van der Waals surface area contributed by atoms with E-state index in [9.17, 15) is 9.90 Å². The van der Waals surface area contributed by atoms with E-state index in [2.05, 4.69) is 5.32 Å². The number of fused-ring (bicyclic) bond motifs is 1. The summed E-state index contributed by atoms with van der Waals surface area (Å²) in [7, 11) is 3.08. The zero-order valence-corrected chi connectivity index (χ0v) is 15.5. The van der Waals surface area contributed by atoms with Crippen LogP contribution in [-0.4, -0.2) is 25.2 Å². The Hall–Kier alpha value is -3.67. The third kappa shape index (κ3) is 2.99. The topological polar surface area (TPSA) is 71.0 Å². The normalized spacial score (nSPS) is 15.6. The van der Waals surface area contributed by atoms with Crippen molar-refractivity contribution >= 4 is 17.3 Å². The number of ether oxygens (including phenoxy) is 2. The Kier molecular flexibility index (Phi) is 4.53. The number of phenols is 1. The number of hydrogen-bond acceptors (Lipinski definition) is 5. The van der Waals surface area contributed by atoms with Crippen molar-refractivity contribution < 1.29 is 19.4 Å². The van der Waals surface area contributed by atoms with Gasteiger partial charge in [0.25, 0.3) is 5.91 Å². The highest BCUT2D eigenvalue weighted by Crippen LogP contribution is 2.39. The molecule has 0 spiro atoms. The van der Waals surface area contributed by atoms with E-state index in [1.165, 1.54) is 7.11 Å². The van der Waals surface area contributed by atoms with E-state index < -0.39 is 6.17 Å². The molecule has 1 heterocycles. The van der Waals surface area contributed by atoms with Gasteiger partial charge in [0.15, 0.2) is 11.5 Å². The molecule has 2 N–H and O–H groups in total. The van der Waals surface area contributed by atoms with Crippen LogP contribution in [0.4, 0.5) is 11.4 Å². The standard InChI is InChI=1S/C22H20N2O4/c1-27-16-7-5-6-15(13-16)24-21(14-10-11-19(25)20(12-14)28-2)23-18-9-4-3-8-17(18)22(24)26/h3-13,21,23,25H,1-2H3. The minimum Gasteiger partial charge on any atom is -0.504 e. The lowest BCUT2D eigenvalue weighted by Crippen LogP contribution is -2.43. The fraction of sp³-hybridized carbons (Fsp3) is 0.136. The maximum absolute atomic E-state index is 13.4. The summed E-state index contributed by atoms with van der Waals surface area (Å²) in [5, 5.41) is 13.4. The molecule has 1 unspecified atom stereocenters. The maximum Gasteiger partial charge on any atom is 0.262 e. The Balaban J connectivity index is 1.87. The highest BCUT2D eigenvalue weighted by molar-refractivity contribution is 6.12. The van der Waals surface area contributed by atoms with Crippen LogP contribution in [0.25, 0.3) is 0 Å². The lowest BCUT2D eigenvalue weighted by Gasteiger charge is -2.38. The molecule has 0 fully saturated rings. The molecule has 3 aromatic carbocycles. The number of phenolic OH excluding ortho intramolecular Hbond substituents is 1. The van der Waals surface area contributed by atoms with E-state index in [0.29, 0.717) is 22.7 Å². The van der Waals surface area contributed by atoms with Gasteiger partial charge in [0.05, 0.1) is 25.5 Å². The molecule has 3 aromatic rings. The van der Waals surface area contributed by atoms with Gasteiger partial charge in [0, 0.05) is 11.8 Å². The zero-order chi connectivity index (χ0) is 19.7. The summed E-state index contributed by atoms with van der Waals surface area (Å²) in [6.45, 7) is 0. The Labute approximate surface area is 162 Å². The quantitative estimate of drug-likeness (QED) is 0.715.